The van der Waals surface area contributed by atoms with Gasteiger partial charge in [0.25, 0.3) is 0 Å². The number of carbonyl (C=O) groups excluding carboxylic acids is 1. The lowest BCUT2D eigenvalue weighted by Crippen LogP contribution is -2.38. The number of amides is 1. The van der Waals surface area contributed by atoms with Gasteiger partial charge in [-0.05, 0) is 59.2 Å². The van der Waals surface area contributed by atoms with Crippen LogP contribution in [-0.2, 0) is 4.74 Å². The van der Waals surface area contributed by atoms with Crippen molar-refractivity contribution >= 4 is 6.09 Å². The number of hydrogen-bond acceptors (Lipinski definition) is 4. The summed E-state index contributed by atoms with van der Waals surface area (Å²) in [5, 5.41) is 12.6. The van der Waals surface area contributed by atoms with Crippen molar-refractivity contribution in [1.82, 2.24) is 5.32 Å². The third-order valence-corrected chi connectivity index (χ3v) is 2.77. The zero-order chi connectivity index (χ0) is 16.9. The Balaban J connectivity index is 2.81. The number of nitrogens with one attached hydrogen (secondary N) is 1. The number of rotatable bonds is 5. The topological polar surface area (TPSA) is 67.8 Å². The van der Waals surface area contributed by atoms with Crippen molar-refractivity contribution in [2.24, 2.45) is 0 Å². The van der Waals surface area contributed by atoms with Crippen LogP contribution in [-0.4, -0.2) is 29.0 Å². The van der Waals surface area contributed by atoms with E-state index < -0.39 is 23.8 Å². The highest BCUT2D eigenvalue weighted by Gasteiger charge is 2.23. The van der Waals surface area contributed by atoms with E-state index >= 15 is 0 Å². The summed E-state index contributed by atoms with van der Waals surface area (Å²) in [7, 11) is 0. The number of benzene rings is 1. The van der Waals surface area contributed by atoms with E-state index in [1.807, 2.05) is 38.1 Å². The highest BCUT2D eigenvalue weighted by Crippen LogP contribution is 2.22. The molecule has 0 fully saturated rings. The summed E-state index contributed by atoms with van der Waals surface area (Å²) >= 11 is 0. The van der Waals surface area contributed by atoms with Gasteiger partial charge in [0.15, 0.2) is 0 Å². The van der Waals surface area contributed by atoms with Crippen LogP contribution in [0.25, 0.3) is 0 Å². The maximum atomic E-state index is 11.9. The van der Waals surface area contributed by atoms with E-state index in [2.05, 4.69) is 5.32 Å². The quantitative estimate of drug-likeness (QED) is 0.874. The van der Waals surface area contributed by atoms with Crippen molar-refractivity contribution in [3.63, 3.8) is 0 Å². The van der Waals surface area contributed by atoms with Crippen molar-refractivity contribution in [3.8, 4) is 5.75 Å². The molecular weight excluding hydrogens is 282 g/mol. The molecule has 0 saturated heterocycles. The molecule has 5 heteroatoms. The molecule has 0 aliphatic heterocycles. The zero-order valence-corrected chi connectivity index (χ0v) is 14.2. The fraction of sp³-hybridized carbons (Fsp3) is 0.588. The first kappa shape index (κ1) is 18.3. The number of hydrogen-bond donors (Lipinski definition) is 2. The average molecular weight is 309 g/mol. The van der Waals surface area contributed by atoms with Gasteiger partial charge in [-0.25, -0.2) is 4.79 Å². The molecule has 22 heavy (non-hydrogen) atoms. The molecule has 0 aliphatic rings. The van der Waals surface area contributed by atoms with Gasteiger partial charge in [0.1, 0.15) is 11.4 Å². The molecular formula is C17H27NO4. The van der Waals surface area contributed by atoms with Crippen molar-refractivity contribution in [3.05, 3.63) is 29.8 Å². The summed E-state index contributed by atoms with van der Waals surface area (Å²) in [6.45, 7) is 10.9. The average Bonchev–Trinajstić information content (AvgIpc) is 2.34. The number of carbonyl (C=O) groups is 1. The summed E-state index contributed by atoms with van der Waals surface area (Å²) in [5.41, 5.74) is 0.208. The Morgan fingerprint density at radius 1 is 1.14 bits per heavy atom. The highest BCUT2D eigenvalue weighted by atomic mass is 16.6. The monoisotopic (exact) mass is 309 g/mol. The summed E-state index contributed by atoms with van der Waals surface area (Å²) in [6.07, 6.45) is -1.21. The zero-order valence-electron chi connectivity index (χ0n) is 14.2. The first-order valence-corrected chi connectivity index (χ1v) is 7.52. The van der Waals surface area contributed by atoms with Crippen LogP contribution < -0.4 is 10.1 Å². The first-order valence-electron chi connectivity index (χ1n) is 7.52. The van der Waals surface area contributed by atoms with Gasteiger partial charge in [-0.1, -0.05) is 12.1 Å². The van der Waals surface area contributed by atoms with Crippen LogP contribution >= 0.6 is 0 Å². The minimum absolute atomic E-state index is 0.0956. The van der Waals surface area contributed by atoms with Crippen LogP contribution in [0.4, 0.5) is 4.79 Å². The van der Waals surface area contributed by atoms with Crippen molar-refractivity contribution < 1.29 is 19.4 Å². The van der Waals surface area contributed by atoms with E-state index in [1.165, 1.54) is 0 Å². The molecule has 0 bridgehead atoms. The Hall–Kier alpha value is -1.75. The first-order chi connectivity index (χ1) is 10.1. The number of alkyl carbamates (subject to hydrolysis) is 1. The molecule has 124 valence electrons. The Labute approximate surface area is 132 Å². The summed E-state index contributed by atoms with van der Waals surface area (Å²) in [4.78, 5) is 11.9. The van der Waals surface area contributed by atoms with Gasteiger partial charge in [-0.2, -0.15) is 0 Å². The fourth-order valence-corrected chi connectivity index (χ4v) is 1.94. The maximum absolute atomic E-state index is 11.9. The molecule has 0 aliphatic carbocycles. The Morgan fingerprint density at radius 3 is 2.09 bits per heavy atom. The van der Waals surface area contributed by atoms with Gasteiger partial charge in [-0.15, -0.1) is 0 Å². The lowest BCUT2D eigenvalue weighted by atomic mass is 10.0. The van der Waals surface area contributed by atoms with Crippen LogP contribution in [0.2, 0.25) is 0 Å². The highest BCUT2D eigenvalue weighted by molar-refractivity contribution is 5.68. The molecule has 1 aromatic carbocycles. The van der Waals surface area contributed by atoms with Crippen LogP contribution in [0.1, 0.15) is 53.1 Å². The van der Waals surface area contributed by atoms with Gasteiger partial charge in [0.05, 0.1) is 18.2 Å². The van der Waals surface area contributed by atoms with Crippen LogP contribution in [0, 0.1) is 0 Å². The second-order valence-corrected chi connectivity index (χ2v) is 6.60. The normalized spacial score (nSPS) is 14.4. The molecule has 1 rings (SSSR count). The second kappa shape index (κ2) is 7.49. The summed E-state index contributed by atoms with van der Waals surface area (Å²) < 4.78 is 10.8. The summed E-state index contributed by atoms with van der Waals surface area (Å²) in [6, 6.07) is 6.75. The third-order valence-electron chi connectivity index (χ3n) is 2.77. The van der Waals surface area contributed by atoms with Crippen molar-refractivity contribution in [1.29, 1.82) is 0 Å². The largest absolute Gasteiger partial charge is 0.491 e. The molecule has 2 atom stereocenters. The van der Waals surface area contributed by atoms with E-state index in [1.54, 1.807) is 27.7 Å². The van der Waals surface area contributed by atoms with Gasteiger partial charge in [0.2, 0.25) is 0 Å². The smallest absolute Gasteiger partial charge is 0.408 e. The van der Waals surface area contributed by atoms with Gasteiger partial charge < -0.3 is 19.9 Å². The van der Waals surface area contributed by atoms with Crippen LogP contribution in [0.5, 0.6) is 5.75 Å². The minimum Gasteiger partial charge on any atom is -0.491 e. The molecule has 1 amide bonds. The number of ether oxygens (including phenoxy) is 2. The molecule has 0 radical (unpaired) electrons. The van der Waals surface area contributed by atoms with Gasteiger partial charge in [0, 0.05) is 0 Å². The molecule has 0 spiro atoms. The van der Waals surface area contributed by atoms with E-state index in [-0.39, 0.29) is 6.10 Å². The predicted molar refractivity (Wildman–Crippen MR) is 86.0 cm³/mol. The lowest BCUT2D eigenvalue weighted by molar-refractivity contribution is 0.0436. The number of aliphatic hydroxyl groups excluding tert-OH is 1. The fourth-order valence-electron chi connectivity index (χ4n) is 1.94. The van der Waals surface area contributed by atoms with E-state index in [4.69, 9.17) is 9.47 Å². The predicted octanol–water partition coefficient (Wildman–Crippen LogP) is 3.42. The molecule has 2 N–H and O–H groups in total. The Morgan fingerprint density at radius 2 is 1.68 bits per heavy atom. The van der Waals surface area contributed by atoms with Gasteiger partial charge in [-0.3, -0.25) is 0 Å². The van der Waals surface area contributed by atoms with Crippen molar-refractivity contribution in [2.75, 3.05) is 0 Å². The SMILES string of the molecule is CC(C)Oc1ccc(C(NC(=O)OC(C)(C)C)C(C)O)cc1. The summed E-state index contributed by atoms with van der Waals surface area (Å²) in [5.74, 6) is 0.750. The van der Waals surface area contributed by atoms with E-state index in [0.29, 0.717) is 0 Å². The van der Waals surface area contributed by atoms with Gasteiger partial charge >= 0.3 is 6.09 Å². The molecule has 0 aromatic heterocycles. The minimum atomic E-state index is -0.746. The molecule has 2 unspecified atom stereocenters. The standard InChI is InChI=1S/C17H27NO4/c1-11(2)21-14-9-7-13(8-10-14)15(12(3)19)18-16(20)22-17(4,5)6/h7-12,15,19H,1-6H3,(H,18,20). The molecule has 5 nitrogen and oxygen atoms in total. The molecule has 1 aromatic rings. The van der Waals surface area contributed by atoms with E-state index in [0.717, 1.165) is 11.3 Å². The Bertz CT molecular complexity index is 474. The molecule has 0 heterocycles. The molecule has 0 saturated carbocycles. The maximum Gasteiger partial charge on any atom is 0.408 e. The Kier molecular flexibility index (Phi) is 6.23. The van der Waals surface area contributed by atoms with Crippen molar-refractivity contribution in [2.45, 2.75) is 65.4 Å². The third kappa shape index (κ3) is 6.35. The lowest BCUT2D eigenvalue weighted by Gasteiger charge is -2.25. The van der Waals surface area contributed by atoms with Crippen LogP contribution in [0.3, 0.4) is 0 Å². The van der Waals surface area contributed by atoms with E-state index in [9.17, 15) is 9.90 Å². The van der Waals surface area contributed by atoms with Crippen LogP contribution in [0.15, 0.2) is 24.3 Å². The second-order valence-electron chi connectivity index (χ2n) is 6.60. The number of aliphatic hydroxyl groups is 1.